The summed E-state index contributed by atoms with van der Waals surface area (Å²) in [6.07, 6.45) is 0. The number of benzene rings is 1. The summed E-state index contributed by atoms with van der Waals surface area (Å²) in [7, 11) is 1.81. The van der Waals surface area contributed by atoms with Crippen molar-refractivity contribution in [1.82, 2.24) is 9.97 Å². The molecule has 2 aromatic rings. The summed E-state index contributed by atoms with van der Waals surface area (Å²) < 4.78 is 0. The maximum absolute atomic E-state index is 6.13. The average Bonchev–Trinajstić information content (AvgIpc) is 2.28. The summed E-state index contributed by atoms with van der Waals surface area (Å²) >= 11 is 12.0. The van der Waals surface area contributed by atoms with Crippen LogP contribution in [0, 0.1) is 6.92 Å². The van der Waals surface area contributed by atoms with Gasteiger partial charge in [-0.1, -0.05) is 23.2 Å². The molecule has 1 heterocycles. The van der Waals surface area contributed by atoms with Crippen molar-refractivity contribution in [2.24, 2.45) is 0 Å². The van der Waals surface area contributed by atoms with E-state index in [1.807, 2.05) is 26.1 Å². The zero-order valence-corrected chi connectivity index (χ0v) is 11.0. The molecule has 0 saturated carbocycles. The fourth-order valence-corrected chi connectivity index (χ4v) is 1.98. The van der Waals surface area contributed by atoms with E-state index in [1.165, 1.54) is 0 Å². The minimum Gasteiger partial charge on any atom is -0.373 e. The maximum atomic E-state index is 6.13. The molecule has 0 saturated heterocycles. The summed E-state index contributed by atoms with van der Waals surface area (Å²) in [6, 6.07) is 7.14. The van der Waals surface area contributed by atoms with Crippen LogP contribution in [0.3, 0.4) is 0 Å². The van der Waals surface area contributed by atoms with Gasteiger partial charge < -0.3 is 5.32 Å². The van der Waals surface area contributed by atoms with Crippen LogP contribution in [0.15, 0.2) is 24.3 Å². The molecule has 0 bridgehead atoms. The lowest BCUT2D eigenvalue weighted by atomic mass is 10.2. The highest BCUT2D eigenvalue weighted by Gasteiger charge is 2.08. The van der Waals surface area contributed by atoms with Crippen LogP contribution in [-0.2, 0) is 0 Å². The van der Waals surface area contributed by atoms with Crippen molar-refractivity contribution < 1.29 is 0 Å². The van der Waals surface area contributed by atoms with Crippen molar-refractivity contribution in [1.29, 1.82) is 0 Å². The number of halogens is 2. The molecule has 1 aromatic heterocycles. The van der Waals surface area contributed by atoms with Gasteiger partial charge >= 0.3 is 0 Å². The zero-order chi connectivity index (χ0) is 12.4. The largest absolute Gasteiger partial charge is 0.373 e. The van der Waals surface area contributed by atoms with Crippen LogP contribution < -0.4 is 5.32 Å². The van der Waals surface area contributed by atoms with Gasteiger partial charge in [-0.25, -0.2) is 9.97 Å². The highest BCUT2D eigenvalue weighted by molar-refractivity contribution is 6.36. The molecule has 0 aliphatic carbocycles. The van der Waals surface area contributed by atoms with Crippen LogP contribution in [0.1, 0.15) is 5.69 Å². The van der Waals surface area contributed by atoms with Gasteiger partial charge in [0, 0.05) is 29.4 Å². The van der Waals surface area contributed by atoms with Crippen LogP contribution in [0.25, 0.3) is 11.4 Å². The molecule has 17 heavy (non-hydrogen) atoms. The van der Waals surface area contributed by atoms with Gasteiger partial charge in [0.25, 0.3) is 0 Å². The summed E-state index contributed by atoms with van der Waals surface area (Å²) in [6.45, 7) is 1.91. The van der Waals surface area contributed by atoms with Gasteiger partial charge in [-0.05, 0) is 25.1 Å². The van der Waals surface area contributed by atoms with Gasteiger partial charge in [0.05, 0.1) is 5.02 Å². The molecule has 0 atom stereocenters. The smallest absolute Gasteiger partial charge is 0.163 e. The predicted molar refractivity (Wildman–Crippen MR) is 71.8 cm³/mol. The van der Waals surface area contributed by atoms with E-state index in [2.05, 4.69) is 15.3 Å². The second kappa shape index (κ2) is 4.90. The van der Waals surface area contributed by atoms with Crippen molar-refractivity contribution in [3.05, 3.63) is 40.0 Å². The SMILES string of the molecule is CNc1cc(C)nc(-c2ccc(Cl)cc2Cl)n1. The van der Waals surface area contributed by atoms with E-state index in [0.29, 0.717) is 15.9 Å². The molecule has 0 aliphatic heterocycles. The number of hydrogen-bond donors (Lipinski definition) is 1. The van der Waals surface area contributed by atoms with Crippen LogP contribution in [0.5, 0.6) is 0 Å². The molecule has 0 aliphatic rings. The Labute approximate surface area is 110 Å². The van der Waals surface area contributed by atoms with Crippen LogP contribution >= 0.6 is 23.2 Å². The predicted octanol–water partition coefficient (Wildman–Crippen LogP) is 3.80. The Bertz CT molecular complexity index is 555. The molecule has 0 unspecified atom stereocenters. The third-order valence-electron chi connectivity index (χ3n) is 2.28. The first-order valence-corrected chi connectivity index (χ1v) is 5.84. The van der Waals surface area contributed by atoms with Crippen molar-refractivity contribution in [2.75, 3.05) is 12.4 Å². The second-order valence-corrected chi connectivity index (χ2v) is 4.44. The average molecular weight is 268 g/mol. The topological polar surface area (TPSA) is 37.8 Å². The first-order valence-electron chi connectivity index (χ1n) is 5.09. The Balaban J connectivity index is 2.55. The molecule has 0 spiro atoms. The lowest BCUT2D eigenvalue weighted by Crippen LogP contribution is -1.98. The molecule has 0 fully saturated rings. The van der Waals surface area contributed by atoms with E-state index in [-0.39, 0.29) is 0 Å². The van der Waals surface area contributed by atoms with E-state index in [9.17, 15) is 0 Å². The fourth-order valence-electron chi connectivity index (χ4n) is 1.49. The fraction of sp³-hybridized carbons (Fsp3) is 0.167. The number of anilines is 1. The number of nitrogens with zero attached hydrogens (tertiary/aromatic N) is 2. The van der Waals surface area contributed by atoms with E-state index in [1.54, 1.807) is 12.1 Å². The van der Waals surface area contributed by atoms with Crippen molar-refractivity contribution in [3.8, 4) is 11.4 Å². The van der Waals surface area contributed by atoms with Gasteiger partial charge in [0.1, 0.15) is 5.82 Å². The first kappa shape index (κ1) is 12.1. The lowest BCUT2D eigenvalue weighted by Gasteiger charge is -2.07. The molecular weight excluding hydrogens is 257 g/mol. The maximum Gasteiger partial charge on any atom is 0.163 e. The number of aromatic nitrogens is 2. The summed E-state index contributed by atoms with van der Waals surface area (Å²) in [5.41, 5.74) is 1.65. The number of rotatable bonds is 2. The van der Waals surface area contributed by atoms with Gasteiger partial charge in [0.15, 0.2) is 5.82 Å². The van der Waals surface area contributed by atoms with Crippen molar-refractivity contribution in [3.63, 3.8) is 0 Å². The minimum atomic E-state index is 0.546. The Morgan fingerprint density at radius 2 is 1.88 bits per heavy atom. The third kappa shape index (κ3) is 2.68. The molecular formula is C12H11Cl2N3. The van der Waals surface area contributed by atoms with E-state index in [4.69, 9.17) is 23.2 Å². The normalized spacial score (nSPS) is 10.4. The summed E-state index contributed by atoms with van der Waals surface area (Å²) in [5.74, 6) is 1.36. The standard InChI is InChI=1S/C12H11Cl2N3/c1-7-5-11(15-2)17-12(16-7)9-4-3-8(13)6-10(9)14/h3-6H,1-2H3,(H,15,16,17). The number of hydrogen-bond acceptors (Lipinski definition) is 3. The second-order valence-electron chi connectivity index (χ2n) is 3.59. The van der Waals surface area contributed by atoms with E-state index in [0.717, 1.165) is 17.1 Å². The Hall–Kier alpha value is -1.32. The lowest BCUT2D eigenvalue weighted by molar-refractivity contribution is 1.11. The zero-order valence-electron chi connectivity index (χ0n) is 9.46. The molecule has 1 N–H and O–H groups in total. The Morgan fingerprint density at radius 3 is 2.53 bits per heavy atom. The molecule has 2 rings (SSSR count). The third-order valence-corrected chi connectivity index (χ3v) is 2.83. The molecule has 88 valence electrons. The molecule has 1 aromatic carbocycles. The van der Waals surface area contributed by atoms with Crippen LogP contribution in [-0.4, -0.2) is 17.0 Å². The van der Waals surface area contributed by atoms with E-state index >= 15 is 0 Å². The quantitative estimate of drug-likeness (QED) is 0.900. The minimum absolute atomic E-state index is 0.546. The Kier molecular flexibility index (Phi) is 3.50. The van der Waals surface area contributed by atoms with Crippen LogP contribution in [0.4, 0.5) is 5.82 Å². The van der Waals surface area contributed by atoms with Gasteiger partial charge in [0.2, 0.25) is 0 Å². The number of nitrogens with one attached hydrogen (secondary N) is 1. The molecule has 5 heteroatoms. The van der Waals surface area contributed by atoms with Gasteiger partial charge in [-0.3, -0.25) is 0 Å². The van der Waals surface area contributed by atoms with Crippen molar-refractivity contribution >= 4 is 29.0 Å². The molecule has 0 radical (unpaired) electrons. The van der Waals surface area contributed by atoms with Crippen molar-refractivity contribution in [2.45, 2.75) is 6.92 Å². The first-order chi connectivity index (χ1) is 8.10. The van der Waals surface area contributed by atoms with Gasteiger partial charge in [-0.2, -0.15) is 0 Å². The van der Waals surface area contributed by atoms with Gasteiger partial charge in [-0.15, -0.1) is 0 Å². The van der Waals surface area contributed by atoms with Crippen LogP contribution in [0.2, 0.25) is 10.0 Å². The highest BCUT2D eigenvalue weighted by Crippen LogP contribution is 2.28. The number of aryl methyl sites for hydroxylation is 1. The Morgan fingerprint density at radius 1 is 1.12 bits per heavy atom. The highest BCUT2D eigenvalue weighted by atomic mass is 35.5. The van der Waals surface area contributed by atoms with E-state index < -0.39 is 0 Å². The summed E-state index contributed by atoms with van der Waals surface area (Å²) in [4.78, 5) is 8.73. The monoisotopic (exact) mass is 267 g/mol. The molecule has 3 nitrogen and oxygen atoms in total. The molecule has 0 amide bonds. The summed E-state index contributed by atoms with van der Waals surface area (Å²) in [5, 5.41) is 4.13.